The van der Waals surface area contributed by atoms with Crippen LogP contribution in [-0.4, -0.2) is 43.0 Å². The second-order valence-corrected chi connectivity index (χ2v) is 6.90. The van der Waals surface area contributed by atoms with Gasteiger partial charge in [0.25, 0.3) is 0 Å². The lowest BCUT2D eigenvalue weighted by atomic mass is 10.2. The number of unbranched alkanes of at least 4 members (excludes halogenated alkanes) is 1. The first-order chi connectivity index (χ1) is 16.0. The molecule has 33 heavy (non-hydrogen) atoms. The Kier molecular flexibility index (Phi) is 11.0. The van der Waals surface area contributed by atoms with E-state index in [1.165, 1.54) is 0 Å². The van der Waals surface area contributed by atoms with Crippen molar-refractivity contribution in [1.82, 2.24) is 5.32 Å². The van der Waals surface area contributed by atoms with Crippen molar-refractivity contribution in [2.75, 3.05) is 30.4 Å². The Labute approximate surface area is 191 Å². The Morgan fingerprint density at radius 3 is 2.21 bits per heavy atom. The van der Waals surface area contributed by atoms with Crippen molar-refractivity contribution in [2.45, 2.75) is 25.9 Å². The van der Waals surface area contributed by atoms with Crippen LogP contribution in [0.3, 0.4) is 0 Å². The van der Waals surface area contributed by atoms with Crippen LogP contribution in [0.2, 0.25) is 0 Å². The van der Waals surface area contributed by atoms with Gasteiger partial charge in [0.1, 0.15) is 25.6 Å². The highest BCUT2D eigenvalue weighted by atomic mass is 17.1. The third kappa shape index (κ3) is 10.8. The summed E-state index contributed by atoms with van der Waals surface area (Å²) in [6.45, 7) is 0.752. The SMILES string of the molecule is NC(=O)NCCCCC(=O)Nc1ccc(COC(=O)Nc2ccc(OCCOO)cc2)cc1. The minimum Gasteiger partial charge on any atom is -0.491 e. The van der Waals surface area contributed by atoms with Crippen LogP contribution >= 0.6 is 0 Å². The van der Waals surface area contributed by atoms with Crippen LogP contribution in [0.4, 0.5) is 21.0 Å². The molecule has 2 rings (SSSR count). The number of ether oxygens (including phenoxy) is 2. The normalized spacial score (nSPS) is 10.2. The first-order valence-electron chi connectivity index (χ1n) is 10.3. The van der Waals surface area contributed by atoms with Gasteiger partial charge in [-0.3, -0.25) is 15.4 Å². The van der Waals surface area contributed by atoms with E-state index in [0.29, 0.717) is 42.9 Å². The number of benzene rings is 2. The molecule has 0 spiro atoms. The minimum absolute atomic E-state index is 0.0529. The Balaban J connectivity index is 1.67. The summed E-state index contributed by atoms with van der Waals surface area (Å²) in [5.74, 6) is 0.439. The van der Waals surface area contributed by atoms with Gasteiger partial charge in [0.15, 0.2) is 0 Å². The number of nitrogens with two attached hydrogens (primary N) is 1. The third-order valence-electron chi connectivity index (χ3n) is 4.28. The lowest BCUT2D eigenvalue weighted by Gasteiger charge is -2.09. The topological polar surface area (TPSA) is 161 Å². The van der Waals surface area contributed by atoms with E-state index in [9.17, 15) is 14.4 Å². The zero-order valence-electron chi connectivity index (χ0n) is 18.0. The highest BCUT2D eigenvalue weighted by Gasteiger charge is 2.06. The van der Waals surface area contributed by atoms with Crippen LogP contribution in [0.1, 0.15) is 24.8 Å². The number of carbonyl (C=O) groups is 3. The molecular weight excluding hydrogens is 432 g/mol. The zero-order chi connectivity index (χ0) is 23.9. The standard InChI is InChI=1S/C22H28N4O7/c23-21(28)24-12-2-1-3-20(27)25-17-6-4-16(5-7-17)15-32-22(29)26-18-8-10-19(11-9-18)31-13-14-33-30/h4-11,30H,1-3,12-15H2,(H,25,27)(H,26,29)(H3,23,24,28). The lowest BCUT2D eigenvalue weighted by Crippen LogP contribution is -2.30. The number of nitrogens with one attached hydrogen (secondary N) is 3. The number of hydrogen-bond acceptors (Lipinski definition) is 7. The van der Waals surface area contributed by atoms with Gasteiger partial charge >= 0.3 is 12.1 Å². The molecule has 0 fully saturated rings. The van der Waals surface area contributed by atoms with Gasteiger partial charge in [-0.1, -0.05) is 12.1 Å². The molecule has 2 aromatic rings. The van der Waals surface area contributed by atoms with Gasteiger partial charge in [-0.25, -0.2) is 14.5 Å². The maximum absolute atomic E-state index is 12.0. The van der Waals surface area contributed by atoms with Crippen LogP contribution in [0.15, 0.2) is 48.5 Å². The maximum Gasteiger partial charge on any atom is 0.411 e. The Bertz CT molecular complexity index is 889. The number of amides is 4. The molecule has 2 aromatic carbocycles. The van der Waals surface area contributed by atoms with Crippen molar-refractivity contribution in [3.8, 4) is 5.75 Å². The van der Waals surface area contributed by atoms with E-state index < -0.39 is 12.1 Å². The van der Waals surface area contributed by atoms with Gasteiger partial charge in [0, 0.05) is 24.3 Å². The molecule has 178 valence electrons. The molecular formula is C22H28N4O7. The second kappa shape index (κ2) is 14.3. The summed E-state index contributed by atoms with van der Waals surface area (Å²) in [5, 5.41) is 16.1. The molecule has 0 saturated carbocycles. The molecule has 11 heteroatoms. The van der Waals surface area contributed by atoms with E-state index in [4.69, 9.17) is 20.5 Å². The first-order valence-corrected chi connectivity index (χ1v) is 10.3. The van der Waals surface area contributed by atoms with E-state index >= 15 is 0 Å². The van der Waals surface area contributed by atoms with Crippen molar-refractivity contribution >= 4 is 29.4 Å². The van der Waals surface area contributed by atoms with Crippen molar-refractivity contribution in [1.29, 1.82) is 0 Å². The Hall–Kier alpha value is -3.83. The zero-order valence-corrected chi connectivity index (χ0v) is 18.0. The fourth-order valence-electron chi connectivity index (χ4n) is 2.66. The van der Waals surface area contributed by atoms with E-state index in [2.05, 4.69) is 20.8 Å². The van der Waals surface area contributed by atoms with Crippen LogP contribution in [0.5, 0.6) is 5.75 Å². The largest absolute Gasteiger partial charge is 0.491 e. The summed E-state index contributed by atoms with van der Waals surface area (Å²) < 4.78 is 10.5. The molecule has 4 amide bonds. The first kappa shape index (κ1) is 25.4. The van der Waals surface area contributed by atoms with Gasteiger partial charge in [-0.2, -0.15) is 0 Å². The molecule has 0 aromatic heterocycles. The predicted octanol–water partition coefficient (Wildman–Crippen LogP) is 3.08. The maximum atomic E-state index is 12.0. The molecule has 0 aliphatic carbocycles. The van der Waals surface area contributed by atoms with Gasteiger partial charge in [0.05, 0.1) is 0 Å². The van der Waals surface area contributed by atoms with Crippen molar-refractivity contribution in [3.63, 3.8) is 0 Å². The van der Waals surface area contributed by atoms with E-state index in [1.54, 1.807) is 48.5 Å². The van der Waals surface area contributed by atoms with Gasteiger partial charge in [0.2, 0.25) is 5.91 Å². The summed E-state index contributed by atoms with van der Waals surface area (Å²) in [4.78, 5) is 38.4. The molecule has 0 saturated heterocycles. The average Bonchev–Trinajstić information content (AvgIpc) is 2.79. The highest BCUT2D eigenvalue weighted by molar-refractivity contribution is 5.90. The Morgan fingerprint density at radius 2 is 1.55 bits per heavy atom. The highest BCUT2D eigenvalue weighted by Crippen LogP contribution is 2.16. The summed E-state index contributed by atoms with van der Waals surface area (Å²) >= 11 is 0. The molecule has 0 aliphatic rings. The van der Waals surface area contributed by atoms with Gasteiger partial charge in [-0.05, 0) is 54.8 Å². The molecule has 6 N–H and O–H groups in total. The van der Waals surface area contributed by atoms with Crippen LogP contribution in [0.25, 0.3) is 0 Å². The molecule has 0 atom stereocenters. The number of hydrogen-bond donors (Lipinski definition) is 5. The lowest BCUT2D eigenvalue weighted by molar-refractivity contribution is -0.245. The molecule has 0 heterocycles. The van der Waals surface area contributed by atoms with Crippen molar-refractivity contribution in [2.24, 2.45) is 5.73 Å². The quantitative estimate of drug-likeness (QED) is 0.174. The minimum atomic E-state index is -0.611. The monoisotopic (exact) mass is 460 g/mol. The van der Waals surface area contributed by atoms with Crippen LogP contribution in [0, 0.1) is 0 Å². The number of primary amides is 1. The van der Waals surface area contributed by atoms with Gasteiger partial charge < -0.3 is 25.8 Å². The number of anilines is 2. The van der Waals surface area contributed by atoms with Crippen molar-refractivity contribution < 1.29 is 34.0 Å². The van der Waals surface area contributed by atoms with Crippen LogP contribution < -0.4 is 26.4 Å². The van der Waals surface area contributed by atoms with E-state index in [0.717, 1.165) is 5.56 Å². The third-order valence-corrected chi connectivity index (χ3v) is 4.28. The molecule has 0 bridgehead atoms. The summed E-state index contributed by atoms with van der Waals surface area (Å²) in [6, 6.07) is 13.0. The smallest absolute Gasteiger partial charge is 0.411 e. The average molecular weight is 460 g/mol. The molecule has 0 unspecified atom stereocenters. The predicted molar refractivity (Wildman–Crippen MR) is 121 cm³/mol. The van der Waals surface area contributed by atoms with E-state index in [-0.39, 0.29) is 25.7 Å². The fourth-order valence-corrected chi connectivity index (χ4v) is 2.66. The molecule has 11 nitrogen and oxygen atoms in total. The Morgan fingerprint density at radius 1 is 0.879 bits per heavy atom. The molecule has 0 radical (unpaired) electrons. The summed E-state index contributed by atoms with van der Waals surface area (Å²) in [5.41, 5.74) is 6.90. The number of rotatable bonds is 13. The van der Waals surface area contributed by atoms with E-state index in [1.807, 2.05) is 0 Å². The fraction of sp³-hybridized carbons (Fsp3) is 0.318. The number of urea groups is 1. The van der Waals surface area contributed by atoms with Crippen LogP contribution in [-0.2, 0) is 21.0 Å². The molecule has 0 aliphatic heterocycles. The second-order valence-electron chi connectivity index (χ2n) is 6.90. The summed E-state index contributed by atoms with van der Waals surface area (Å²) in [7, 11) is 0. The summed E-state index contributed by atoms with van der Waals surface area (Å²) in [6.07, 6.45) is 1.00. The van der Waals surface area contributed by atoms with Crippen molar-refractivity contribution in [3.05, 3.63) is 54.1 Å². The number of carbonyl (C=O) groups excluding carboxylic acids is 3. The van der Waals surface area contributed by atoms with Gasteiger partial charge in [-0.15, -0.1) is 0 Å².